The lowest BCUT2D eigenvalue weighted by molar-refractivity contribution is -0.143. The van der Waals surface area contributed by atoms with Crippen LogP contribution in [0.15, 0.2) is 27.1 Å². The van der Waals surface area contributed by atoms with Crippen LogP contribution in [0, 0.1) is 5.92 Å². The van der Waals surface area contributed by atoms with Crippen LogP contribution >= 0.6 is 31.9 Å². The van der Waals surface area contributed by atoms with Crippen molar-refractivity contribution in [3.8, 4) is 0 Å². The van der Waals surface area contributed by atoms with Crippen molar-refractivity contribution in [3.05, 3.63) is 27.1 Å². The summed E-state index contributed by atoms with van der Waals surface area (Å²) in [5, 5.41) is 11.8. The number of carboxylic acid groups (broad SMARTS) is 1. The Bertz CT molecular complexity index is 543. The third kappa shape index (κ3) is 4.79. The van der Waals surface area contributed by atoms with Crippen molar-refractivity contribution in [2.45, 2.75) is 12.8 Å². The molecule has 0 aromatic heterocycles. The van der Waals surface area contributed by atoms with Crippen LogP contribution in [0.2, 0.25) is 0 Å². The summed E-state index contributed by atoms with van der Waals surface area (Å²) in [6.07, 6.45) is 1.20. The molecule has 1 fully saturated rings. The predicted molar refractivity (Wildman–Crippen MR) is 87.3 cm³/mol. The van der Waals surface area contributed by atoms with E-state index in [9.17, 15) is 9.59 Å². The second-order valence-corrected chi connectivity index (χ2v) is 6.83. The molecule has 1 aromatic rings. The monoisotopic (exact) mass is 418 g/mol. The van der Waals surface area contributed by atoms with Crippen molar-refractivity contribution < 1.29 is 14.7 Å². The predicted octanol–water partition coefficient (Wildman–Crippen LogP) is 2.95. The van der Waals surface area contributed by atoms with Crippen LogP contribution in [0.3, 0.4) is 0 Å². The second kappa shape index (κ2) is 7.38. The first-order chi connectivity index (χ1) is 9.95. The maximum Gasteiger partial charge on any atom is 0.306 e. The molecule has 0 radical (unpaired) electrons. The second-order valence-electron chi connectivity index (χ2n) is 5.06. The fourth-order valence-electron chi connectivity index (χ4n) is 2.32. The molecule has 2 N–H and O–H groups in total. The van der Waals surface area contributed by atoms with Gasteiger partial charge in [0.2, 0.25) is 5.91 Å². The quantitative estimate of drug-likeness (QED) is 0.787. The van der Waals surface area contributed by atoms with Crippen LogP contribution in [0.25, 0.3) is 0 Å². The first-order valence-corrected chi connectivity index (χ1v) is 8.24. The number of nitrogens with one attached hydrogen (secondary N) is 1. The van der Waals surface area contributed by atoms with Gasteiger partial charge in [0.05, 0.1) is 18.2 Å². The number of carbonyl (C=O) groups excluding carboxylic acids is 1. The van der Waals surface area contributed by atoms with E-state index in [0.717, 1.165) is 14.6 Å². The Labute approximate surface area is 140 Å². The van der Waals surface area contributed by atoms with Gasteiger partial charge in [-0.2, -0.15) is 0 Å². The number of hydrogen-bond acceptors (Lipinski definition) is 3. The van der Waals surface area contributed by atoms with E-state index in [4.69, 9.17) is 5.11 Å². The molecule has 0 spiro atoms. The highest BCUT2D eigenvalue weighted by Gasteiger charge is 2.25. The zero-order chi connectivity index (χ0) is 15.4. The Morgan fingerprint density at radius 3 is 2.52 bits per heavy atom. The highest BCUT2D eigenvalue weighted by molar-refractivity contribution is 9.11. The Morgan fingerprint density at radius 1 is 1.29 bits per heavy atom. The molecule has 1 aliphatic rings. The Kier molecular flexibility index (Phi) is 5.78. The van der Waals surface area contributed by atoms with E-state index in [1.54, 1.807) is 0 Å². The first-order valence-electron chi connectivity index (χ1n) is 6.66. The number of benzene rings is 1. The van der Waals surface area contributed by atoms with Crippen molar-refractivity contribution in [1.29, 1.82) is 0 Å². The number of carboxylic acids is 1. The number of piperidine rings is 1. The fraction of sp³-hybridized carbons (Fsp3) is 0.429. The number of amides is 1. The number of nitrogens with zero attached hydrogens (tertiary/aromatic N) is 1. The Balaban J connectivity index is 1.84. The summed E-state index contributed by atoms with van der Waals surface area (Å²) in [5.74, 6) is -1.10. The lowest BCUT2D eigenvalue weighted by Crippen LogP contribution is -2.40. The summed E-state index contributed by atoms with van der Waals surface area (Å²) in [6.45, 7) is 1.58. The van der Waals surface area contributed by atoms with E-state index in [0.29, 0.717) is 25.9 Å². The van der Waals surface area contributed by atoms with Crippen LogP contribution < -0.4 is 5.32 Å². The van der Waals surface area contributed by atoms with Gasteiger partial charge in [-0.25, -0.2) is 0 Å². The SMILES string of the molecule is O=C(CN1CCC(C(=O)O)CC1)Nc1ccc(Br)cc1Br. The summed E-state index contributed by atoms with van der Waals surface area (Å²) in [5.41, 5.74) is 0.726. The minimum absolute atomic E-state index is 0.0909. The average molecular weight is 420 g/mol. The van der Waals surface area contributed by atoms with Crippen LogP contribution in [0.4, 0.5) is 5.69 Å². The molecule has 0 saturated carbocycles. The van der Waals surface area contributed by atoms with Gasteiger partial charge >= 0.3 is 5.97 Å². The van der Waals surface area contributed by atoms with Gasteiger partial charge in [-0.15, -0.1) is 0 Å². The molecule has 1 aromatic carbocycles. The molecule has 0 unspecified atom stereocenters. The van der Waals surface area contributed by atoms with Crippen molar-refractivity contribution in [2.75, 3.05) is 25.0 Å². The smallest absolute Gasteiger partial charge is 0.306 e. The van der Waals surface area contributed by atoms with Crippen LogP contribution in [-0.2, 0) is 9.59 Å². The molecule has 21 heavy (non-hydrogen) atoms. The molecule has 5 nitrogen and oxygen atoms in total. The normalized spacial score (nSPS) is 16.7. The molecule has 0 bridgehead atoms. The first kappa shape index (κ1) is 16.5. The lowest BCUT2D eigenvalue weighted by atomic mass is 9.97. The van der Waals surface area contributed by atoms with Crippen molar-refractivity contribution in [1.82, 2.24) is 4.90 Å². The summed E-state index contributed by atoms with van der Waals surface area (Å²) >= 11 is 6.76. The van der Waals surface area contributed by atoms with Crippen LogP contribution in [0.1, 0.15) is 12.8 Å². The summed E-state index contributed by atoms with van der Waals surface area (Å²) in [6, 6.07) is 5.55. The highest BCUT2D eigenvalue weighted by Crippen LogP contribution is 2.26. The number of halogens is 2. The van der Waals surface area contributed by atoms with Crippen molar-refractivity contribution >= 4 is 49.4 Å². The maximum absolute atomic E-state index is 12.0. The third-order valence-electron chi connectivity index (χ3n) is 3.51. The number of likely N-dealkylation sites (tertiary alicyclic amines) is 1. The van der Waals surface area contributed by atoms with Gasteiger partial charge in [0, 0.05) is 8.95 Å². The Morgan fingerprint density at radius 2 is 1.95 bits per heavy atom. The van der Waals surface area contributed by atoms with Crippen molar-refractivity contribution in [3.63, 3.8) is 0 Å². The molecular weight excluding hydrogens is 404 g/mol. The minimum atomic E-state index is -0.738. The number of rotatable bonds is 4. The highest BCUT2D eigenvalue weighted by atomic mass is 79.9. The molecule has 114 valence electrons. The molecule has 1 heterocycles. The van der Waals surface area contributed by atoms with E-state index < -0.39 is 5.97 Å². The molecule has 2 rings (SSSR count). The molecular formula is C14H16Br2N2O3. The van der Waals surface area contributed by atoms with Crippen molar-refractivity contribution in [2.24, 2.45) is 5.92 Å². The third-order valence-corrected chi connectivity index (χ3v) is 4.66. The number of aliphatic carboxylic acids is 1. The van der Waals surface area contributed by atoms with Gasteiger partial charge < -0.3 is 10.4 Å². The summed E-state index contributed by atoms with van der Waals surface area (Å²) < 4.78 is 1.75. The molecule has 1 aliphatic heterocycles. The Hall–Kier alpha value is -0.920. The number of carbonyl (C=O) groups is 2. The summed E-state index contributed by atoms with van der Waals surface area (Å²) in [7, 11) is 0. The van der Waals surface area contributed by atoms with E-state index in [1.165, 1.54) is 0 Å². The van der Waals surface area contributed by atoms with Crippen LogP contribution in [0.5, 0.6) is 0 Å². The van der Waals surface area contributed by atoms with Gasteiger partial charge in [0.15, 0.2) is 0 Å². The lowest BCUT2D eigenvalue weighted by Gasteiger charge is -2.29. The maximum atomic E-state index is 12.0. The molecule has 1 saturated heterocycles. The minimum Gasteiger partial charge on any atom is -0.481 e. The van der Waals surface area contributed by atoms with Gasteiger partial charge in [-0.05, 0) is 60.1 Å². The molecule has 0 aliphatic carbocycles. The molecule has 1 amide bonds. The van der Waals surface area contributed by atoms with Gasteiger partial charge in [-0.3, -0.25) is 14.5 Å². The largest absolute Gasteiger partial charge is 0.481 e. The summed E-state index contributed by atoms with van der Waals surface area (Å²) in [4.78, 5) is 24.9. The average Bonchev–Trinajstić information content (AvgIpc) is 2.42. The molecule has 7 heteroatoms. The van der Waals surface area contributed by atoms with Gasteiger partial charge in [0.25, 0.3) is 0 Å². The van der Waals surface area contributed by atoms with E-state index in [-0.39, 0.29) is 18.4 Å². The standard InChI is InChI=1S/C14H16Br2N2O3/c15-10-1-2-12(11(16)7-10)17-13(19)8-18-5-3-9(4-6-18)14(20)21/h1-2,7,9H,3-6,8H2,(H,17,19)(H,20,21). The fourth-order valence-corrected chi connectivity index (χ4v) is 3.47. The van der Waals surface area contributed by atoms with Gasteiger partial charge in [-0.1, -0.05) is 15.9 Å². The van der Waals surface area contributed by atoms with Crippen LogP contribution in [-0.4, -0.2) is 41.5 Å². The number of hydrogen-bond donors (Lipinski definition) is 2. The van der Waals surface area contributed by atoms with E-state index in [1.807, 2.05) is 23.1 Å². The zero-order valence-electron chi connectivity index (χ0n) is 11.3. The molecule has 0 atom stereocenters. The number of anilines is 1. The van der Waals surface area contributed by atoms with E-state index >= 15 is 0 Å². The topological polar surface area (TPSA) is 69.6 Å². The van der Waals surface area contributed by atoms with Gasteiger partial charge in [0.1, 0.15) is 0 Å². The zero-order valence-corrected chi connectivity index (χ0v) is 14.5. The van der Waals surface area contributed by atoms with E-state index in [2.05, 4.69) is 37.2 Å².